The maximum atomic E-state index is 6.37. The SMILES string of the molecule is Cc1c(Cl)ccc2c1-c1ncnn1Cc1cnc(-n3cccn3)n1-2. The van der Waals surface area contributed by atoms with Crippen molar-refractivity contribution in [2.45, 2.75) is 13.5 Å². The van der Waals surface area contributed by atoms with Gasteiger partial charge in [0.2, 0.25) is 5.95 Å². The van der Waals surface area contributed by atoms with Gasteiger partial charge in [-0.25, -0.2) is 19.3 Å². The van der Waals surface area contributed by atoms with Crippen LogP contribution in [0.25, 0.3) is 23.0 Å². The Morgan fingerprint density at radius 3 is 2.92 bits per heavy atom. The molecule has 0 atom stereocenters. The van der Waals surface area contributed by atoms with Crippen molar-refractivity contribution in [1.29, 1.82) is 0 Å². The highest BCUT2D eigenvalue weighted by Crippen LogP contribution is 2.37. The minimum Gasteiger partial charge on any atom is -0.279 e. The highest BCUT2D eigenvalue weighted by atomic mass is 35.5. The van der Waals surface area contributed by atoms with Crippen LogP contribution in [0.1, 0.15) is 11.3 Å². The fraction of sp³-hybridized carbons (Fsp3) is 0.125. The molecule has 0 fully saturated rings. The van der Waals surface area contributed by atoms with Gasteiger partial charge in [0.1, 0.15) is 6.33 Å². The van der Waals surface area contributed by atoms with Crippen molar-refractivity contribution in [3.63, 3.8) is 0 Å². The number of nitrogens with zero attached hydrogens (tertiary/aromatic N) is 7. The monoisotopic (exact) mass is 337 g/mol. The number of rotatable bonds is 1. The average Bonchev–Trinajstić information content (AvgIpc) is 3.30. The van der Waals surface area contributed by atoms with Gasteiger partial charge in [-0.1, -0.05) is 11.6 Å². The summed E-state index contributed by atoms with van der Waals surface area (Å²) in [6.07, 6.45) is 7.03. The summed E-state index contributed by atoms with van der Waals surface area (Å²) in [5, 5.41) is 9.37. The minimum absolute atomic E-state index is 0.579. The van der Waals surface area contributed by atoms with E-state index in [1.54, 1.807) is 17.2 Å². The molecule has 5 rings (SSSR count). The van der Waals surface area contributed by atoms with E-state index in [9.17, 15) is 0 Å². The second-order valence-corrected chi connectivity index (χ2v) is 6.05. The van der Waals surface area contributed by atoms with Crippen LogP contribution in [0.4, 0.5) is 0 Å². The molecule has 0 saturated carbocycles. The average molecular weight is 338 g/mol. The zero-order valence-corrected chi connectivity index (χ0v) is 13.5. The molecule has 0 spiro atoms. The summed E-state index contributed by atoms with van der Waals surface area (Å²) < 4.78 is 5.70. The number of aromatic nitrogens is 7. The highest BCUT2D eigenvalue weighted by Gasteiger charge is 2.26. The van der Waals surface area contributed by atoms with Gasteiger partial charge < -0.3 is 0 Å². The number of fused-ring (bicyclic) bond motifs is 5. The standard InChI is InChI=1S/C16H12ClN7/c1-10-12(17)3-4-13-14(10)15-19-9-21-23(15)8-11-7-18-16(24(11)13)22-6-2-5-20-22/h2-7,9H,8H2,1H3. The van der Waals surface area contributed by atoms with Crippen LogP contribution in [0.15, 0.2) is 43.1 Å². The van der Waals surface area contributed by atoms with Gasteiger partial charge in [-0.3, -0.25) is 4.57 Å². The van der Waals surface area contributed by atoms with Gasteiger partial charge in [-0.15, -0.1) is 0 Å². The van der Waals surface area contributed by atoms with Crippen molar-refractivity contribution in [3.05, 3.63) is 59.4 Å². The third-order valence-corrected chi connectivity index (χ3v) is 4.70. The van der Waals surface area contributed by atoms with Crippen molar-refractivity contribution in [2.75, 3.05) is 0 Å². The fourth-order valence-electron chi connectivity index (χ4n) is 3.17. The Balaban J connectivity index is 1.90. The van der Waals surface area contributed by atoms with E-state index in [-0.39, 0.29) is 0 Å². The Hall–Kier alpha value is -2.93. The van der Waals surface area contributed by atoms with Gasteiger partial charge in [0, 0.05) is 23.0 Å². The number of hydrogen-bond donors (Lipinski definition) is 0. The first-order valence-corrected chi connectivity index (χ1v) is 7.86. The Labute approximate surface area is 142 Å². The summed E-state index contributed by atoms with van der Waals surface area (Å²) in [6, 6.07) is 5.77. The van der Waals surface area contributed by atoms with Gasteiger partial charge >= 0.3 is 0 Å². The molecule has 8 heteroatoms. The molecule has 0 radical (unpaired) electrons. The summed E-state index contributed by atoms with van der Waals surface area (Å²) in [7, 11) is 0. The summed E-state index contributed by atoms with van der Waals surface area (Å²) in [5.74, 6) is 1.53. The number of halogens is 1. The quantitative estimate of drug-likeness (QED) is 0.471. The smallest absolute Gasteiger partial charge is 0.235 e. The van der Waals surface area contributed by atoms with Crippen molar-refractivity contribution >= 4 is 11.6 Å². The van der Waals surface area contributed by atoms with E-state index in [4.69, 9.17) is 11.6 Å². The van der Waals surface area contributed by atoms with Gasteiger partial charge in [0.25, 0.3) is 0 Å². The lowest BCUT2D eigenvalue weighted by Crippen LogP contribution is -2.09. The van der Waals surface area contributed by atoms with Gasteiger partial charge in [-0.2, -0.15) is 10.2 Å². The molecule has 4 aromatic rings. The van der Waals surface area contributed by atoms with Crippen LogP contribution in [0.3, 0.4) is 0 Å². The molecule has 1 aliphatic rings. The van der Waals surface area contributed by atoms with Crippen LogP contribution in [-0.4, -0.2) is 34.1 Å². The van der Waals surface area contributed by atoms with Gasteiger partial charge in [0.05, 0.1) is 24.1 Å². The lowest BCUT2D eigenvalue weighted by molar-refractivity contribution is 0.672. The van der Waals surface area contributed by atoms with Gasteiger partial charge in [0.15, 0.2) is 5.82 Å². The first-order chi connectivity index (χ1) is 11.7. The predicted octanol–water partition coefficient (Wildman–Crippen LogP) is 2.64. The summed E-state index contributed by atoms with van der Waals surface area (Å²) in [6.45, 7) is 2.57. The molecule has 0 unspecified atom stereocenters. The zero-order chi connectivity index (χ0) is 16.3. The second-order valence-electron chi connectivity index (χ2n) is 5.64. The highest BCUT2D eigenvalue weighted by molar-refractivity contribution is 6.31. The minimum atomic E-state index is 0.579. The molecule has 1 aliphatic heterocycles. The molecule has 24 heavy (non-hydrogen) atoms. The van der Waals surface area contributed by atoms with Crippen LogP contribution in [-0.2, 0) is 6.54 Å². The largest absolute Gasteiger partial charge is 0.279 e. The molecular formula is C16H12ClN7. The maximum Gasteiger partial charge on any atom is 0.235 e. The molecule has 0 saturated heterocycles. The van der Waals surface area contributed by atoms with E-state index in [0.717, 1.165) is 34.3 Å². The van der Waals surface area contributed by atoms with Crippen LogP contribution in [0.5, 0.6) is 0 Å². The van der Waals surface area contributed by atoms with Crippen molar-refractivity contribution < 1.29 is 0 Å². The number of hydrogen-bond acceptors (Lipinski definition) is 4. The molecule has 4 heterocycles. The zero-order valence-electron chi connectivity index (χ0n) is 12.8. The van der Waals surface area contributed by atoms with Crippen molar-refractivity contribution in [3.8, 4) is 23.0 Å². The lowest BCUT2D eigenvalue weighted by atomic mass is 10.1. The Bertz CT molecular complexity index is 1060. The third-order valence-electron chi connectivity index (χ3n) is 4.29. The molecular weight excluding hydrogens is 326 g/mol. The third kappa shape index (κ3) is 1.73. The second kappa shape index (κ2) is 4.78. The van der Waals surface area contributed by atoms with Gasteiger partial charge in [-0.05, 0) is 30.7 Å². The predicted molar refractivity (Wildman–Crippen MR) is 88.6 cm³/mol. The van der Waals surface area contributed by atoms with E-state index < -0.39 is 0 Å². The maximum absolute atomic E-state index is 6.37. The van der Waals surface area contributed by atoms with E-state index in [0.29, 0.717) is 11.6 Å². The van der Waals surface area contributed by atoms with Crippen LogP contribution in [0.2, 0.25) is 5.02 Å². The fourth-order valence-corrected chi connectivity index (χ4v) is 3.32. The summed E-state index contributed by atoms with van der Waals surface area (Å²) in [4.78, 5) is 9.01. The molecule has 0 bridgehead atoms. The Morgan fingerprint density at radius 1 is 1.17 bits per heavy atom. The summed E-state index contributed by atoms with van der Waals surface area (Å²) in [5.41, 5.74) is 3.91. The lowest BCUT2D eigenvalue weighted by Gasteiger charge is -2.14. The Morgan fingerprint density at radius 2 is 2.08 bits per heavy atom. The first-order valence-electron chi connectivity index (χ1n) is 7.48. The topological polar surface area (TPSA) is 66.3 Å². The molecule has 1 aromatic carbocycles. The normalized spacial score (nSPS) is 12.4. The van der Waals surface area contributed by atoms with Crippen molar-refractivity contribution in [2.24, 2.45) is 0 Å². The number of benzene rings is 1. The van der Waals surface area contributed by atoms with E-state index >= 15 is 0 Å². The van der Waals surface area contributed by atoms with Crippen LogP contribution < -0.4 is 0 Å². The summed E-state index contributed by atoms with van der Waals surface area (Å²) >= 11 is 6.37. The molecule has 3 aromatic heterocycles. The number of imidazole rings is 1. The molecule has 7 nitrogen and oxygen atoms in total. The molecule has 0 aliphatic carbocycles. The van der Waals surface area contributed by atoms with Crippen LogP contribution in [0, 0.1) is 6.92 Å². The van der Waals surface area contributed by atoms with E-state index in [1.165, 1.54) is 0 Å². The van der Waals surface area contributed by atoms with E-state index in [1.807, 2.05) is 42.2 Å². The van der Waals surface area contributed by atoms with Crippen molar-refractivity contribution in [1.82, 2.24) is 34.1 Å². The molecule has 118 valence electrons. The van der Waals surface area contributed by atoms with Crippen LogP contribution >= 0.6 is 11.6 Å². The molecule has 0 N–H and O–H groups in total. The Kier molecular flexibility index (Phi) is 2.69. The van der Waals surface area contributed by atoms with E-state index in [2.05, 4.69) is 24.7 Å². The first kappa shape index (κ1) is 13.5. The molecule has 0 amide bonds.